The van der Waals surface area contributed by atoms with Crippen LogP contribution in [-0.2, 0) is 11.3 Å². The SMILES string of the molecule is Cc1cccc(F)c1-c1noc(C2CC2)c1COC1CC2C[C@@H](C)C(C1)N2c1ccc2nc(C(=O)O)cn2n1. The average molecular weight is 532 g/mol. The van der Waals surface area contributed by atoms with Crippen LogP contribution in [0, 0.1) is 18.7 Å². The third-order valence-corrected chi connectivity index (χ3v) is 8.57. The second-order valence-electron chi connectivity index (χ2n) is 11.3. The molecule has 1 saturated carbocycles. The summed E-state index contributed by atoms with van der Waals surface area (Å²) < 4.78 is 28.7. The molecule has 3 fully saturated rings. The summed E-state index contributed by atoms with van der Waals surface area (Å²) in [7, 11) is 0. The smallest absolute Gasteiger partial charge is 0.356 e. The van der Waals surface area contributed by atoms with Crippen LogP contribution in [-0.4, -0.2) is 49.0 Å². The molecule has 2 bridgehead atoms. The van der Waals surface area contributed by atoms with E-state index in [1.165, 1.54) is 12.3 Å². The zero-order valence-corrected chi connectivity index (χ0v) is 21.9. The fourth-order valence-electron chi connectivity index (χ4n) is 6.53. The number of benzene rings is 1. The highest BCUT2D eigenvalue weighted by Crippen LogP contribution is 2.46. The van der Waals surface area contributed by atoms with Gasteiger partial charge in [-0.25, -0.2) is 18.7 Å². The maximum Gasteiger partial charge on any atom is 0.356 e. The lowest BCUT2D eigenvalue weighted by Gasteiger charge is -2.40. The number of nitrogens with zero attached hydrogens (tertiary/aromatic N) is 5. The Hall–Kier alpha value is -3.79. The van der Waals surface area contributed by atoms with Gasteiger partial charge in [-0.05, 0) is 68.7 Å². The van der Waals surface area contributed by atoms with Gasteiger partial charge in [0.15, 0.2) is 11.3 Å². The van der Waals surface area contributed by atoms with E-state index < -0.39 is 5.97 Å². The summed E-state index contributed by atoms with van der Waals surface area (Å²) in [5.41, 5.74) is 3.23. The second kappa shape index (κ2) is 9.15. The van der Waals surface area contributed by atoms with Crippen molar-refractivity contribution in [3.63, 3.8) is 0 Å². The van der Waals surface area contributed by atoms with Crippen molar-refractivity contribution in [3.05, 3.63) is 64.9 Å². The van der Waals surface area contributed by atoms with Gasteiger partial charge in [0, 0.05) is 29.1 Å². The van der Waals surface area contributed by atoms with Crippen LogP contribution in [0.4, 0.5) is 10.2 Å². The first-order chi connectivity index (χ1) is 18.9. The summed E-state index contributed by atoms with van der Waals surface area (Å²) in [4.78, 5) is 17.8. The van der Waals surface area contributed by atoms with Crippen molar-refractivity contribution in [2.24, 2.45) is 5.92 Å². The summed E-state index contributed by atoms with van der Waals surface area (Å²) in [6.45, 7) is 4.50. The predicted molar refractivity (Wildman–Crippen MR) is 140 cm³/mol. The van der Waals surface area contributed by atoms with Gasteiger partial charge in [0.2, 0.25) is 0 Å². The minimum absolute atomic E-state index is 0.0210. The monoisotopic (exact) mass is 531 g/mol. The molecule has 4 atom stereocenters. The molecule has 3 aliphatic rings. The average Bonchev–Trinajstić information content (AvgIpc) is 3.46. The Morgan fingerprint density at radius 1 is 1.21 bits per heavy atom. The van der Waals surface area contributed by atoms with Crippen molar-refractivity contribution < 1.29 is 23.6 Å². The largest absolute Gasteiger partial charge is 0.476 e. The molecule has 0 radical (unpaired) electrons. The van der Waals surface area contributed by atoms with Crippen LogP contribution in [0.2, 0.25) is 0 Å². The fraction of sp³-hybridized carbons (Fsp3) is 0.448. The lowest BCUT2D eigenvalue weighted by Crippen LogP contribution is -2.47. The number of hydrogen-bond donors (Lipinski definition) is 1. The molecule has 0 spiro atoms. The number of halogens is 1. The molecule has 1 aliphatic carbocycles. The van der Waals surface area contributed by atoms with Gasteiger partial charge in [-0.3, -0.25) is 0 Å². The summed E-state index contributed by atoms with van der Waals surface area (Å²) in [5, 5.41) is 18.3. The summed E-state index contributed by atoms with van der Waals surface area (Å²) in [5.74, 6) is 1.08. The van der Waals surface area contributed by atoms with Gasteiger partial charge < -0.3 is 19.3 Å². The van der Waals surface area contributed by atoms with E-state index in [9.17, 15) is 14.3 Å². The standard InChI is InChI=1S/C29H30FN5O4/c1-15-4-3-5-21(30)26(15)27-20(28(39-33-27)17-6-7-17)14-38-19-11-18-10-16(2)23(12-19)35(18)25-9-8-24-31-22(29(36)37)13-34(24)32-25/h3-5,8-9,13,16-19,23H,6-7,10-12,14H2,1-2H3,(H,36,37)/t16-,18?,19?,23?/m1/s1. The Bertz CT molecular complexity index is 1560. The number of ether oxygens (including phenoxy) is 1. The third-order valence-electron chi connectivity index (χ3n) is 8.57. The molecular weight excluding hydrogens is 501 g/mol. The Balaban J connectivity index is 1.12. The number of anilines is 1. The first-order valence-corrected chi connectivity index (χ1v) is 13.6. The number of carboxylic acid groups (broad SMARTS) is 1. The summed E-state index contributed by atoms with van der Waals surface area (Å²) >= 11 is 0. The normalized spacial score (nSPS) is 24.5. The van der Waals surface area contributed by atoms with E-state index in [0.717, 1.165) is 54.8 Å². The summed E-state index contributed by atoms with van der Waals surface area (Å²) in [6.07, 6.45) is 6.35. The molecule has 2 aliphatic heterocycles. The number of aromatic nitrogens is 4. The lowest BCUT2D eigenvalue weighted by molar-refractivity contribution is 0.0134. The van der Waals surface area contributed by atoms with E-state index in [1.54, 1.807) is 10.6 Å². The number of aromatic carboxylic acids is 1. The Morgan fingerprint density at radius 2 is 2.05 bits per heavy atom. The van der Waals surface area contributed by atoms with Gasteiger partial charge in [-0.2, -0.15) is 0 Å². The van der Waals surface area contributed by atoms with Crippen LogP contribution in [0.1, 0.15) is 72.3 Å². The Labute approximate surface area is 224 Å². The van der Waals surface area contributed by atoms with Crippen molar-refractivity contribution >= 4 is 17.4 Å². The minimum atomic E-state index is -1.07. The zero-order chi connectivity index (χ0) is 26.8. The topological polar surface area (TPSA) is 106 Å². The molecule has 1 aromatic carbocycles. The lowest BCUT2D eigenvalue weighted by atomic mass is 9.96. The van der Waals surface area contributed by atoms with E-state index >= 15 is 0 Å². The van der Waals surface area contributed by atoms with Gasteiger partial charge in [0.1, 0.15) is 23.1 Å². The van der Waals surface area contributed by atoms with Crippen LogP contribution < -0.4 is 4.90 Å². The molecule has 3 aromatic heterocycles. The van der Waals surface area contributed by atoms with Crippen LogP contribution in [0.15, 0.2) is 41.1 Å². The Morgan fingerprint density at radius 3 is 2.79 bits per heavy atom. The zero-order valence-electron chi connectivity index (χ0n) is 21.9. The van der Waals surface area contributed by atoms with Crippen molar-refractivity contribution in [1.29, 1.82) is 0 Å². The quantitative estimate of drug-likeness (QED) is 0.339. The van der Waals surface area contributed by atoms with Gasteiger partial charge in [-0.15, -0.1) is 5.10 Å². The highest BCUT2D eigenvalue weighted by Gasteiger charge is 2.46. The van der Waals surface area contributed by atoms with Crippen molar-refractivity contribution in [3.8, 4) is 11.3 Å². The van der Waals surface area contributed by atoms with Crippen LogP contribution in [0.5, 0.6) is 0 Å². The molecule has 2 saturated heterocycles. The van der Waals surface area contributed by atoms with Crippen LogP contribution in [0.3, 0.4) is 0 Å². The highest BCUT2D eigenvalue weighted by molar-refractivity contribution is 5.86. The molecule has 4 aromatic rings. The summed E-state index contributed by atoms with van der Waals surface area (Å²) in [6, 6.07) is 9.32. The Kier molecular flexibility index (Phi) is 5.69. The van der Waals surface area contributed by atoms with E-state index in [4.69, 9.17) is 14.4 Å². The van der Waals surface area contributed by atoms with E-state index in [0.29, 0.717) is 35.3 Å². The molecule has 7 rings (SSSR count). The maximum absolute atomic E-state index is 14.9. The number of piperidine rings is 1. The van der Waals surface area contributed by atoms with Crippen LogP contribution >= 0.6 is 0 Å². The maximum atomic E-state index is 14.9. The first-order valence-electron chi connectivity index (χ1n) is 13.6. The molecule has 1 N–H and O–H groups in total. The molecule has 0 amide bonds. The number of fused-ring (bicyclic) bond motifs is 3. The molecule has 39 heavy (non-hydrogen) atoms. The second-order valence-corrected chi connectivity index (χ2v) is 11.3. The molecule has 9 nitrogen and oxygen atoms in total. The first kappa shape index (κ1) is 24.3. The van der Waals surface area contributed by atoms with Crippen molar-refractivity contribution in [2.75, 3.05) is 4.90 Å². The number of imidazole rings is 1. The molecule has 3 unspecified atom stereocenters. The van der Waals surface area contributed by atoms with E-state index in [-0.39, 0.29) is 29.7 Å². The molecular formula is C29H30FN5O4. The van der Waals surface area contributed by atoms with Gasteiger partial charge >= 0.3 is 5.97 Å². The van der Waals surface area contributed by atoms with Gasteiger partial charge in [0.25, 0.3) is 0 Å². The van der Waals surface area contributed by atoms with Crippen molar-refractivity contribution in [1.82, 2.24) is 19.8 Å². The number of carbonyl (C=O) groups is 1. The molecule has 10 heteroatoms. The number of carboxylic acids is 1. The minimum Gasteiger partial charge on any atom is -0.476 e. The number of hydrogen-bond acceptors (Lipinski definition) is 7. The predicted octanol–water partition coefficient (Wildman–Crippen LogP) is 5.37. The molecule has 5 heterocycles. The van der Waals surface area contributed by atoms with Gasteiger partial charge in [-0.1, -0.05) is 24.2 Å². The number of aryl methyl sites for hydroxylation is 1. The highest BCUT2D eigenvalue weighted by atomic mass is 19.1. The fourth-order valence-corrected chi connectivity index (χ4v) is 6.53. The van der Waals surface area contributed by atoms with E-state index in [2.05, 4.69) is 22.0 Å². The van der Waals surface area contributed by atoms with Gasteiger partial charge in [0.05, 0.1) is 18.9 Å². The van der Waals surface area contributed by atoms with Crippen LogP contribution in [0.25, 0.3) is 16.9 Å². The van der Waals surface area contributed by atoms with Crippen molar-refractivity contribution in [2.45, 2.75) is 76.7 Å². The third kappa shape index (κ3) is 4.17. The molecule has 202 valence electrons. The van der Waals surface area contributed by atoms with E-state index in [1.807, 2.05) is 25.1 Å². The number of rotatable bonds is 7.